The fourth-order valence-corrected chi connectivity index (χ4v) is 6.11. The predicted molar refractivity (Wildman–Crippen MR) is 177 cm³/mol. The monoisotopic (exact) mass is 816 g/mol. The van der Waals surface area contributed by atoms with Crippen molar-refractivity contribution in [1.82, 2.24) is 10.6 Å². The molecule has 0 aromatic heterocycles. The summed E-state index contributed by atoms with van der Waals surface area (Å²) in [7, 11) is 2.39. The van der Waals surface area contributed by atoms with Gasteiger partial charge in [0.15, 0.2) is 25.0 Å². The molecule has 0 aliphatic carbocycles. The van der Waals surface area contributed by atoms with Gasteiger partial charge in [0.05, 0.1) is 37.5 Å². The molecule has 18 atom stereocenters. The van der Waals surface area contributed by atoms with Crippen LogP contribution < -0.4 is 10.6 Å². The molecule has 2 amide bonds. The number of methoxy groups -OCH3 is 2. The third-order valence-electron chi connectivity index (χ3n) is 8.82. The van der Waals surface area contributed by atoms with Gasteiger partial charge >= 0.3 is 0 Å². The summed E-state index contributed by atoms with van der Waals surface area (Å²) < 4.78 is 51.7. The van der Waals surface area contributed by atoms with E-state index in [1.807, 2.05) is 0 Å². The van der Waals surface area contributed by atoms with Crippen LogP contribution in [0.2, 0.25) is 0 Å². The van der Waals surface area contributed by atoms with Crippen molar-refractivity contribution in [1.29, 1.82) is 0 Å². The van der Waals surface area contributed by atoms with Crippen molar-refractivity contribution < 1.29 is 107 Å². The summed E-state index contributed by atoms with van der Waals surface area (Å²) in [6.45, 7) is 4.72. The van der Waals surface area contributed by atoms with Gasteiger partial charge in [0.2, 0.25) is 30.7 Å². The lowest BCUT2D eigenvalue weighted by atomic mass is 9.92. The van der Waals surface area contributed by atoms with E-state index in [1.165, 1.54) is 21.0 Å². The molecular formula is C32H52N2O22. The van der Waals surface area contributed by atoms with Crippen LogP contribution >= 0.6 is 0 Å². The summed E-state index contributed by atoms with van der Waals surface area (Å²) in [6.07, 6.45) is -20.0. The number of carbonyl (C=O) groups excluding carboxylic acids is 6. The van der Waals surface area contributed by atoms with Gasteiger partial charge in [0.1, 0.15) is 54.9 Å². The van der Waals surface area contributed by atoms with Crippen molar-refractivity contribution in [2.24, 2.45) is 0 Å². The van der Waals surface area contributed by atoms with Crippen molar-refractivity contribution in [3.63, 3.8) is 0 Å². The highest BCUT2D eigenvalue weighted by Gasteiger charge is 2.52. The highest BCUT2D eigenvalue weighted by atomic mass is 16.8. The van der Waals surface area contributed by atoms with Crippen LogP contribution in [-0.4, -0.2) is 206 Å². The average molecular weight is 817 g/mol. The van der Waals surface area contributed by atoms with Crippen molar-refractivity contribution in [3.05, 3.63) is 0 Å². The number of aliphatic hydroxyl groups is 6. The topological polar surface area (TPSA) is 340 Å². The van der Waals surface area contributed by atoms with Gasteiger partial charge in [-0.25, -0.2) is 0 Å². The standard InChI is InChI=1S/C16H27NO11.C16H25NO11/c1-6-9(17-7(2)20)13(10(21)8(4-18)26-6)27-15-12(23)11(22)14(24-3)16(28-15)25-5-19;1-8-13(17-9(2)22)15(14(23)10(4-18)26-8)27-12(6-20)28-16(25-7-21)11(5-19)24-3/h5-6,8-16,18,21-23H,4H2,1-3H3,(H,17,20);5-8,10-16,18,23H,4H2,1-3H3,(H,17,22)/t6-,8?,9+,10+,11?,12-,13?,14-,15+,16?;8-,10?,11?,12+,13+,14+,15?,16?/m00/s1. The maximum Gasteiger partial charge on any atom is 0.295 e. The number of ether oxygens (including phenoxy) is 10. The Hall–Kier alpha value is -3.34. The van der Waals surface area contributed by atoms with E-state index in [4.69, 9.17) is 42.6 Å². The van der Waals surface area contributed by atoms with Crippen LogP contribution in [0.4, 0.5) is 0 Å². The lowest BCUT2D eigenvalue weighted by molar-refractivity contribution is -0.362. The van der Waals surface area contributed by atoms with Crippen LogP contribution in [0.1, 0.15) is 27.7 Å². The van der Waals surface area contributed by atoms with Crippen LogP contribution in [0.3, 0.4) is 0 Å². The molecule has 0 spiro atoms. The van der Waals surface area contributed by atoms with Crippen molar-refractivity contribution >= 4 is 37.3 Å². The molecule has 24 nitrogen and oxygen atoms in total. The lowest BCUT2D eigenvalue weighted by Gasteiger charge is -2.47. The molecule has 0 radical (unpaired) electrons. The molecule has 0 bridgehead atoms. The second kappa shape index (κ2) is 23.8. The summed E-state index contributed by atoms with van der Waals surface area (Å²) in [5, 5.41) is 65.4. The summed E-state index contributed by atoms with van der Waals surface area (Å²) in [6, 6.07) is -1.75. The molecule has 8 unspecified atom stereocenters. The van der Waals surface area contributed by atoms with E-state index >= 15 is 0 Å². The van der Waals surface area contributed by atoms with E-state index in [0.717, 1.165) is 7.11 Å². The van der Waals surface area contributed by atoms with E-state index in [2.05, 4.69) is 15.4 Å². The number of aldehydes is 2. The van der Waals surface area contributed by atoms with Crippen LogP contribution in [-0.2, 0) is 76.1 Å². The molecule has 0 aromatic carbocycles. The Balaban J connectivity index is 0.000000387. The van der Waals surface area contributed by atoms with Gasteiger partial charge in [-0.3, -0.25) is 24.0 Å². The Morgan fingerprint density at radius 1 is 0.714 bits per heavy atom. The van der Waals surface area contributed by atoms with Crippen molar-refractivity contribution in [2.45, 2.75) is 138 Å². The zero-order valence-electron chi connectivity index (χ0n) is 31.3. The maximum atomic E-state index is 11.5. The minimum Gasteiger partial charge on any atom is -0.435 e. The summed E-state index contributed by atoms with van der Waals surface area (Å²) in [5.74, 6) is -0.870. The molecule has 3 rings (SSSR count). The molecule has 0 saturated carbocycles. The summed E-state index contributed by atoms with van der Waals surface area (Å²) in [5.41, 5.74) is 0. The van der Waals surface area contributed by atoms with E-state index in [9.17, 15) is 59.4 Å². The molecule has 56 heavy (non-hydrogen) atoms. The fourth-order valence-electron chi connectivity index (χ4n) is 6.11. The van der Waals surface area contributed by atoms with Gasteiger partial charge in [-0.1, -0.05) is 0 Å². The number of aliphatic hydroxyl groups excluding tert-OH is 6. The minimum atomic E-state index is -1.71. The summed E-state index contributed by atoms with van der Waals surface area (Å²) in [4.78, 5) is 66.8. The number of hydrogen-bond acceptors (Lipinski definition) is 22. The Morgan fingerprint density at radius 2 is 1.25 bits per heavy atom. The number of hydrogen-bond donors (Lipinski definition) is 8. The van der Waals surface area contributed by atoms with Gasteiger partial charge in [0, 0.05) is 28.1 Å². The highest BCUT2D eigenvalue weighted by Crippen LogP contribution is 2.30. The molecule has 3 aliphatic rings. The highest BCUT2D eigenvalue weighted by molar-refractivity contribution is 5.73. The van der Waals surface area contributed by atoms with E-state index in [1.54, 1.807) is 13.8 Å². The average Bonchev–Trinajstić information content (AvgIpc) is 3.16. The first-order valence-electron chi connectivity index (χ1n) is 17.1. The first-order valence-corrected chi connectivity index (χ1v) is 17.1. The number of rotatable bonds is 19. The molecule has 322 valence electrons. The Morgan fingerprint density at radius 3 is 1.68 bits per heavy atom. The molecule has 3 aliphatic heterocycles. The van der Waals surface area contributed by atoms with E-state index < -0.39 is 136 Å². The predicted octanol–water partition coefficient (Wildman–Crippen LogP) is -6.12. The molecule has 3 fully saturated rings. The first-order chi connectivity index (χ1) is 26.6. The third kappa shape index (κ3) is 12.8. The molecule has 24 heteroatoms. The Labute approximate surface area is 320 Å². The minimum absolute atomic E-state index is 0.00464. The van der Waals surface area contributed by atoms with Gasteiger partial charge < -0.3 is 93.4 Å². The van der Waals surface area contributed by atoms with Gasteiger partial charge in [0.25, 0.3) is 12.9 Å². The number of carbonyl (C=O) groups is 6. The van der Waals surface area contributed by atoms with Gasteiger partial charge in [-0.15, -0.1) is 0 Å². The Bertz CT molecular complexity index is 1250. The quantitative estimate of drug-likeness (QED) is 0.0444. The van der Waals surface area contributed by atoms with Crippen LogP contribution in [0, 0.1) is 0 Å². The fraction of sp³-hybridized carbons (Fsp3) is 0.812. The second-order valence-electron chi connectivity index (χ2n) is 12.6. The summed E-state index contributed by atoms with van der Waals surface area (Å²) >= 11 is 0. The zero-order chi connectivity index (χ0) is 42.3. The molecular weight excluding hydrogens is 764 g/mol. The second-order valence-corrected chi connectivity index (χ2v) is 12.6. The molecule has 3 saturated heterocycles. The van der Waals surface area contributed by atoms with Crippen LogP contribution in [0.5, 0.6) is 0 Å². The Kier molecular flexibility index (Phi) is 20.7. The van der Waals surface area contributed by atoms with Gasteiger partial charge in [-0.2, -0.15) is 0 Å². The van der Waals surface area contributed by atoms with Crippen molar-refractivity contribution in [3.8, 4) is 0 Å². The largest absolute Gasteiger partial charge is 0.435 e. The SMILES string of the molecule is COC(C=O)C(OC=O)O[C@H](C=O)OC1[C@H](O)C(CO)O[C@@H](C)[C@H]1NC(C)=O.CO[C@@H]1C(OC=O)O[C@@H](OC2[C@H](O)C(CO)O[C@@H](C)[C@H]2NC(C)=O)[C@@H](O)C1O. The number of nitrogens with one attached hydrogen (secondary N) is 2. The van der Waals surface area contributed by atoms with Gasteiger partial charge in [-0.05, 0) is 13.8 Å². The first kappa shape index (κ1) is 48.8. The zero-order valence-corrected chi connectivity index (χ0v) is 31.3. The third-order valence-corrected chi connectivity index (χ3v) is 8.82. The van der Waals surface area contributed by atoms with Crippen LogP contribution in [0.25, 0.3) is 0 Å². The van der Waals surface area contributed by atoms with E-state index in [0.29, 0.717) is 6.29 Å². The molecule has 0 aromatic rings. The van der Waals surface area contributed by atoms with E-state index in [-0.39, 0.29) is 19.2 Å². The van der Waals surface area contributed by atoms with Crippen LogP contribution in [0.15, 0.2) is 0 Å². The maximum absolute atomic E-state index is 11.5. The normalized spacial score (nSPS) is 37.2. The smallest absolute Gasteiger partial charge is 0.295 e. The molecule has 3 heterocycles. The lowest BCUT2D eigenvalue weighted by Crippen LogP contribution is -2.67. The number of amides is 2. The molecule has 8 N–H and O–H groups in total. The van der Waals surface area contributed by atoms with Crippen molar-refractivity contribution in [2.75, 3.05) is 27.4 Å².